The highest BCUT2D eigenvalue weighted by atomic mass is 16.6. The number of nitro groups is 1. The quantitative estimate of drug-likeness (QED) is 0.250. The number of rotatable bonds is 4. The van der Waals surface area contributed by atoms with Crippen LogP contribution >= 0.6 is 0 Å². The molecule has 6 rings (SSSR count). The zero-order valence-electron chi connectivity index (χ0n) is 18.4. The fourth-order valence-electron chi connectivity index (χ4n) is 5.61. The number of nitrogens with zero attached hydrogens (tertiary/aromatic N) is 3. The molecule has 3 aliphatic heterocycles. The minimum atomic E-state index is -0.883. The summed E-state index contributed by atoms with van der Waals surface area (Å²) in [5.74, 6) is -2.74. The third-order valence-corrected chi connectivity index (χ3v) is 7.11. The number of non-ortho nitro benzene ring substituents is 1. The summed E-state index contributed by atoms with van der Waals surface area (Å²) in [5.41, 5.74) is 2.42. The number of nitro benzene ring substituents is 1. The van der Waals surface area contributed by atoms with Crippen LogP contribution in [0.15, 0.2) is 85.1 Å². The van der Waals surface area contributed by atoms with E-state index in [1.807, 2.05) is 47.5 Å². The smallest absolute Gasteiger partial charge is 0.269 e. The second kappa shape index (κ2) is 7.73. The summed E-state index contributed by atoms with van der Waals surface area (Å²) in [6.45, 7) is 0. The fraction of sp³-hybridized carbons (Fsp3) is 0.148. The topological polar surface area (TPSA) is 101 Å². The molecule has 0 N–H and O–H groups in total. The van der Waals surface area contributed by atoms with Crippen LogP contribution in [0.25, 0.3) is 6.08 Å². The maximum absolute atomic E-state index is 13.8. The van der Waals surface area contributed by atoms with Gasteiger partial charge in [-0.1, -0.05) is 54.6 Å². The van der Waals surface area contributed by atoms with Crippen molar-refractivity contribution in [1.82, 2.24) is 4.90 Å². The van der Waals surface area contributed by atoms with Gasteiger partial charge in [0.2, 0.25) is 11.8 Å². The van der Waals surface area contributed by atoms with Gasteiger partial charge in [0.15, 0.2) is 5.78 Å². The molecule has 172 valence electrons. The van der Waals surface area contributed by atoms with Crippen molar-refractivity contribution >= 4 is 35.0 Å². The Labute approximate surface area is 200 Å². The zero-order chi connectivity index (χ0) is 24.3. The summed E-state index contributed by atoms with van der Waals surface area (Å²) < 4.78 is 0. The van der Waals surface area contributed by atoms with Gasteiger partial charge in [-0.15, -0.1) is 0 Å². The van der Waals surface area contributed by atoms with Gasteiger partial charge >= 0.3 is 0 Å². The fourth-order valence-corrected chi connectivity index (χ4v) is 5.61. The summed E-state index contributed by atoms with van der Waals surface area (Å²) in [6.07, 6.45) is 3.72. The van der Waals surface area contributed by atoms with E-state index in [9.17, 15) is 24.5 Å². The molecule has 0 saturated carbocycles. The van der Waals surface area contributed by atoms with Gasteiger partial charge in [-0.05, 0) is 29.3 Å². The first kappa shape index (κ1) is 21.0. The number of carbonyl (C=O) groups excluding carboxylic acids is 3. The highest BCUT2D eigenvalue weighted by Gasteiger charge is 2.64. The Morgan fingerprint density at radius 3 is 2.20 bits per heavy atom. The van der Waals surface area contributed by atoms with E-state index in [0.29, 0.717) is 5.56 Å². The van der Waals surface area contributed by atoms with E-state index in [0.717, 1.165) is 16.0 Å². The van der Waals surface area contributed by atoms with E-state index in [-0.39, 0.29) is 17.2 Å². The number of benzene rings is 3. The van der Waals surface area contributed by atoms with Gasteiger partial charge in [-0.3, -0.25) is 24.5 Å². The van der Waals surface area contributed by atoms with Gasteiger partial charge in [0.1, 0.15) is 6.04 Å². The number of carbonyl (C=O) groups is 3. The van der Waals surface area contributed by atoms with Gasteiger partial charge in [0.25, 0.3) is 5.69 Å². The predicted molar refractivity (Wildman–Crippen MR) is 127 cm³/mol. The third-order valence-electron chi connectivity index (χ3n) is 7.11. The van der Waals surface area contributed by atoms with Crippen LogP contribution in [-0.4, -0.2) is 33.5 Å². The zero-order valence-corrected chi connectivity index (χ0v) is 18.4. The first-order valence-corrected chi connectivity index (χ1v) is 11.2. The molecule has 8 nitrogen and oxygen atoms in total. The lowest BCUT2D eigenvalue weighted by Crippen LogP contribution is -2.44. The molecule has 2 fully saturated rings. The normalized spacial score (nSPS) is 24.2. The number of ketones is 1. The Kier molecular flexibility index (Phi) is 4.63. The standard InChI is InChI=1S/C27H19N3O5/c31-25(17-7-2-1-3-8-17)24-22-21(23-20-9-5-4-6-16(20)14-15-28(23)24)26(32)29(27(22)33)18-10-12-19(13-11-18)30(34)35/h1-15,21-24H/t21-,22+,23+,24+/m0/s1. The maximum Gasteiger partial charge on any atom is 0.269 e. The summed E-state index contributed by atoms with van der Waals surface area (Å²) >= 11 is 0. The molecule has 3 aromatic rings. The lowest BCUT2D eigenvalue weighted by molar-refractivity contribution is -0.384. The maximum atomic E-state index is 13.8. The van der Waals surface area contributed by atoms with Crippen molar-refractivity contribution in [1.29, 1.82) is 0 Å². The van der Waals surface area contributed by atoms with E-state index in [4.69, 9.17) is 0 Å². The van der Waals surface area contributed by atoms with Crippen LogP contribution in [0.5, 0.6) is 0 Å². The number of imide groups is 1. The van der Waals surface area contributed by atoms with Crippen LogP contribution in [0.2, 0.25) is 0 Å². The molecular weight excluding hydrogens is 446 g/mol. The summed E-state index contributed by atoms with van der Waals surface area (Å²) in [6, 6.07) is 20.4. The molecule has 0 aromatic heterocycles. The molecule has 2 saturated heterocycles. The second-order valence-corrected chi connectivity index (χ2v) is 8.85. The Bertz CT molecular complexity index is 1420. The number of hydrogen-bond acceptors (Lipinski definition) is 6. The first-order chi connectivity index (χ1) is 17.0. The lowest BCUT2D eigenvalue weighted by atomic mass is 9.83. The molecule has 3 aliphatic rings. The molecule has 3 aromatic carbocycles. The average Bonchev–Trinajstić information content (AvgIpc) is 3.36. The number of fused-ring (bicyclic) bond motifs is 5. The summed E-state index contributed by atoms with van der Waals surface area (Å²) in [4.78, 5) is 54.8. The SMILES string of the molecule is O=C(c1ccccc1)[C@H]1[C@@H]2C(=O)N(c3ccc([N+](=O)[O-])cc3)C(=O)[C@@H]2[C@H]2c3ccccc3C=CN21. The van der Waals surface area contributed by atoms with Crippen molar-refractivity contribution in [2.75, 3.05) is 4.90 Å². The number of amides is 2. The molecule has 3 heterocycles. The van der Waals surface area contributed by atoms with Crippen molar-refractivity contribution in [2.24, 2.45) is 11.8 Å². The van der Waals surface area contributed by atoms with Gasteiger partial charge in [-0.25, -0.2) is 4.90 Å². The largest absolute Gasteiger partial charge is 0.358 e. The van der Waals surface area contributed by atoms with Crippen LogP contribution in [0.4, 0.5) is 11.4 Å². The highest BCUT2D eigenvalue weighted by Crippen LogP contribution is 2.53. The van der Waals surface area contributed by atoms with Crippen LogP contribution < -0.4 is 4.90 Å². The van der Waals surface area contributed by atoms with Crippen LogP contribution in [-0.2, 0) is 9.59 Å². The Morgan fingerprint density at radius 1 is 0.829 bits per heavy atom. The van der Waals surface area contributed by atoms with Crippen molar-refractivity contribution in [3.8, 4) is 0 Å². The van der Waals surface area contributed by atoms with Gasteiger partial charge in [0.05, 0.1) is 28.5 Å². The van der Waals surface area contributed by atoms with Crippen molar-refractivity contribution in [3.05, 3.63) is 112 Å². The molecule has 0 spiro atoms. The lowest BCUT2D eigenvalue weighted by Gasteiger charge is -2.35. The Hall–Kier alpha value is -4.59. The van der Waals surface area contributed by atoms with E-state index < -0.39 is 40.7 Å². The van der Waals surface area contributed by atoms with Gasteiger partial charge in [-0.2, -0.15) is 0 Å². The molecular formula is C27H19N3O5. The molecule has 35 heavy (non-hydrogen) atoms. The van der Waals surface area contributed by atoms with Crippen molar-refractivity contribution in [3.63, 3.8) is 0 Å². The highest BCUT2D eigenvalue weighted by molar-refractivity contribution is 6.24. The molecule has 0 bridgehead atoms. The minimum absolute atomic E-state index is 0.136. The average molecular weight is 465 g/mol. The molecule has 2 amide bonds. The van der Waals surface area contributed by atoms with Crippen molar-refractivity contribution in [2.45, 2.75) is 12.1 Å². The molecule has 0 radical (unpaired) electrons. The summed E-state index contributed by atoms with van der Waals surface area (Å²) in [7, 11) is 0. The van der Waals surface area contributed by atoms with Gasteiger partial charge in [0, 0.05) is 23.9 Å². The Morgan fingerprint density at radius 2 is 1.49 bits per heavy atom. The molecule has 4 atom stereocenters. The minimum Gasteiger partial charge on any atom is -0.358 e. The van der Waals surface area contributed by atoms with Crippen LogP contribution in [0, 0.1) is 22.0 Å². The van der Waals surface area contributed by atoms with E-state index in [2.05, 4.69) is 0 Å². The number of Topliss-reactive ketones (excluding diaryl/α,β-unsaturated/α-hetero) is 1. The predicted octanol–water partition coefficient (Wildman–Crippen LogP) is 3.99. The summed E-state index contributed by atoms with van der Waals surface area (Å²) in [5, 5.41) is 11.1. The molecule has 8 heteroatoms. The monoisotopic (exact) mass is 465 g/mol. The van der Waals surface area contributed by atoms with Crippen LogP contribution in [0.1, 0.15) is 27.5 Å². The van der Waals surface area contributed by atoms with Gasteiger partial charge < -0.3 is 4.90 Å². The second-order valence-electron chi connectivity index (χ2n) is 8.85. The molecule has 0 aliphatic carbocycles. The number of anilines is 1. The Balaban J connectivity index is 1.47. The third kappa shape index (κ3) is 3.03. The van der Waals surface area contributed by atoms with E-state index in [1.54, 1.807) is 24.3 Å². The van der Waals surface area contributed by atoms with Crippen molar-refractivity contribution < 1.29 is 19.3 Å². The molecule has 0 unspecified atom stereocenters. The van der Waals surface area contributed by atoms with Crippen LogP contribution in [0.3, 0.4) is 0 Å². The first-order valence-electron chi connectivity index (χ1n) is 11.2. The van der Waals surface area contributed by atoms with E-state index >= 15 is 0 Å². The number of hydrogen-bond donors (Lipinski definition) is 0. The van der Waals surface area contributed by atoms with E-state index in [1.165, 1.54) is 24.3 Å².